The summed E-state index contributed by atoms with van der Waals surface area (Å²) in [6.45, 7) is 0. The fourth-order valence-electron chi connectivity index (χ4n) is 4.10. The van der Waals surface area contributed by atoms with Gasteiger partial charge in [0.25, 0.3) is 0 Å². The molecule has 24 heavy (non-hydrogen) atoms. The molecule has 0 aromatic heterocycles. The third-order valence-corrected chi connectivity index (χ3v) is 5.34. The fraction of sp³-hybridized carbons (Fsp3) is 0.400. The molecule has 1 aliphatic heterocycles. The van der Waals surface area contributed by atoms with Gasteiger partial charge in [-0.3, -0.25) is 0 Å². The lowest BCUT2D eigenvalue weighted by Crippen LogP contribution is -2.59. The van der Waals surface area contributed by atoms with Gasteiger partial charge in [0.2, 0.25) is 0 Å². The number of hydrogen-bond donors (Lipinski definition) is 2. The SMILES string of the molecule is Fc1ccc([C@@H]2N[C@@H]3CCCC[C@H]3N[C@H]2c2ccc(F)cc2)cc1. The maximum Gasteiger partial charge on any atom is 0.123 e. The molecule has 0 radical (unpaired) electrons. The van der Waals surface area contributed by atoms with Crippen LogP contribution >= 0.6 is 0 Å². The van der Waals surface area contributed by atoms with Crippen LogP contribution in [-0.4, -0.2) is 12.1 Å². The Bertz CT molecular complexity index is 622. The van der Waals surface area contributed by atoms with Crippen molar-refractivity contribution in [1.29, 1.82) is 0 Å². The average molecular weight is 328 g/mol. The smallest absolute Gasteiger partial charge is 0.123 e. The summed E-state index contributed by atoms with van der Waals surface area (Å²) in [7, 11) is 0. The Morgan fingerprint density at radius 1 is 0.625 bits per heavy atom. The van der Waals surface area contributed by atoms with E-state index in [1.165, 1.54) is 37.1 Å². The highest BCUT2D eigenvalue weighted by molar-refractivity contribution is 5.30. The standard InChI is InChI=1S/C20H22F2N2/c21-15-9-5-13(6-10-15)19-20(14-7-11-16(22)12-8-14)24-18-4-2-1-3-17(18)23-19/h5-12,17-20,23-24H,1-4H2/t17-,18-,19+,20+/m1/s1. The summed E-state index contributed by atoms with van der Waals surface area (Å²) >= 11 is 0. The van der Waals surface area contributed by atoms with Crippen LogP contribution in [0.2, 0.25) is 0 Å². The molecule has 1 heterocycles. The lowest BCUT2D eigenvalue weighted by molar-refractivity contribution is 0.168. The topological polar surface area (TPSA) is 24.1 Å². The summed E-state index contributed by atoms with van der Waals surface area (Å²) in [5.41, 5.74) is 2.12. The summed E-state index contributed by atoms with van der Waals surface area (Å²) in [5, 5.41) is 7.55. The van der Waals surface area contributed by atoms with Gasteiger partial charge in [0, 0.05) is 12.1 Å². The van der Waals surface area contributed by atoms with Crippen LogP contribution in [0.5, 0.6) is 0 Å². The van der Waals surface area contributed by atoms with E-state index in [2.05, 4.69) is 10.6 Å². The molecule has 1 aliphatic carbocycles. The molecule has 2 aromatic carbocycles. The van der Waals surface area contributed by atoms with Crippen LogP contribution in [0, 0.1) is 11.6 Å². The molecule has 1 saturated carbocycles. The van der Waals surface area contributed by atoms with E-state index < -0.39 is 0 Å². The first kappa shape index (κ1) is 15.7. The Kier molecular flexibility index (Phi) is 4.33. The molecule has 0 amide bonds. The van der Waals surface area contributed by atoms with Crippen molar-refractivity contribution >= 4 is 0 Å². The van der Waals surface area contributed by atoms with E-state index in [0.29, 0.717) is 12.1 Å². The van der Waals surface area contributed by atoms with Gasteiger partial charge in [0.05, 0.1) is 12.1 Å². The van der Waals surface area contributed by atoms with Gasteiger partial charge in [-0.25, -0.2) is 8.78 Å². The first-order chi connectivity index (χ1) is 11.7. The molecule has 4 rings (SSSR count). The van der Waals surface area contributed by atoms with Crippen LogP contribution in [0.15, 0.2) is 48.5 Å². The van der Waals surface area contributed by atoms with Crippen molar-refractivity contribution in [1.82, 2.24) is 10.6 Å². The molecular formula is C20H22F2N2. The molecule has 0 bridgehead atoms. The quantitative estimate of drug-likeness (QED) is 0.861. The van der Waals surface area contributed by atoms with Crippen LogP contribution in [0.25, 0.3) is 0 Å². The number of rotatable bonds is 2. The largest absolute Gasteiger partial charge is 0.304 e. The van der Waals surface area contributed by atoms with Gasteiger partial charge in [-0.05, 0) is 48.2 Å². The van der Waals surface area contributed by atoms with E-state index in [1.54, 1.807) is 0 Å². The van der Waals surface area contributed by atoms with Crippen LogP contribution < -0.4 is 10.6 Å². The number of halogens is 2. The zero-order valence-electron chi connectivity index (χ0n) is 13.5. The summed E-state index contributed by atoms with van der Waals surface area (Å²) in [5.74, 6) is -0.451. The van der Waals surface area contributed by atoms with Gasteiger partial charge < -0.3 is 10.6 Å². The predicted octanol–water partition coefficient (Wildman–Crippen LogP) is 4.25. The molecule has 2 aliphatic rings. The lowest BCUT2D eigenvalue weighted by Gasteiger charge is -2.46. The Morgan fingerprint density at radius 3 is 1.38 bits per heavy atom. The van der Waals surface area contributed by atoms with Crippen molar-refractivity contribution in [2.45, 2.75) is 49.9 Å². The van der Waals surface area contributed by atoms with Crippen molar-refractivity contribution in [3.63, 3.8) is 0 Å². The fourth-order valence-corrected chi connectivity index (χ4v) is 4.10. The number of nitrogens with one attached hydrogen (secondary N) is 2. The highest BCUT2D eigenvalue weighted by Gasteiger charge is 2.38. The highest BCUT2D eigenvalue weighted by atomic mass is 19.1. The monoisotopic (exact) mass is 328 g/mol. The third kappa shape index (κ3) is 3.08. The Hall–Kier alpha value is -1.78. The molecule has 2 fully saturated rings. The maximum atomic E-state index is 13.3. The Morgan fingerprint density at radius 2 is 1.00 bits per heavy atom. The molecule has 1 saturated heterocycles. The highest BCUT2D eigenvalue weighted by Crippen LogP contribution is 2.36. The molecule has 0 spiro atoms. The minimum absolute atomic E-state index is 0.0513. The van der Waals surface area contributed by atoms with Gasteiger partial charge in [-0.2, -0.15) is 0 Å². The van der Waals surface area contributed by atoms with Crippen molar-refractivity contribution in [2.24, 2.45) is 0 Å². The number of piperazine rings is 1. The van der Waals surface area contributed by atoms with Crippen molar-refractivity contribution in [2.75, 3.05) is 0 Å². The molecule has 2 nitrogen and oxygen atoms in total. The average Bonchev–Trinajstić information content (AvgIpc) is 2.62. The Balaban J connectivity index is 1.68. The first-order valence-corrected chi connectivity index (χ1v) is 8.74. The normalized spacial score (nSPS) is 29.9. The summed E-state index contributed by atoms with van der Waals surface area (Å²) in [6.07, 6.45) is 4.80. The second-order valence-corrected chi connectivity index (χ2v) is 6.89. The molecule has 4 atom stereocenters. The molecule has 126 valence electrons. The molecule has 2 N–H and O–H groups in total. The number of fused-ring (bicyclic) bond motifs is 1. The van der Waals surface area contributed by atoms with E-state index in [-0.39, 0.29) is 23.7 Å². The zero-order valence-corrected chi connectivity index (χ0v) is 13.5. The second kappa shape index (κ2) is 6.61. The summed E-state index contributed by atoms with van der Waals surface area (Å²) in [4.78, 5) is 0. The van der Waals surface area contributed by atoms with E-state index in [0.717, 1.165) is 24.0 Å². The summed E-state index contributed by atoms with van der Waals surface area (Å²) in [6, 6.07) is 14.4. The van der Waals surface area contributed by atoms with E-state index >= 15 is 0 Å². The molecule has 4 heteroatoms. The van der Waals surface area contributed by atoms with E-state index in [9.17, 15) is 8.78 Å². The summed E-state index contributed by atoms with van der Waals surface area (Å²) < 4.78 is 26.6. The molecular weight excluding hydrogens is 306 g/mol. The van der Waals surface area contributed by atoms with Crippen LogP contribution in [0.1, 0.15) is 48.9 Å². The van der Waals surface area contributed by atoms with Gasteiger partial charge in [0.1, 0.15) is 11.6 Å². The van der Waals surface area contributed by atoms with Crippen molar-refractivity contribution in [3.8, 4) is 0 Å². The van der Waals surface area contributed by atoms with Gasteiger partial charge in [-0.1, -0.05) is 37.1 Å². The third-order valence-electron chi connectivity index (χ3n) is 5.34. The van der Waals surface area contributed by atoms with Crippen LogP contribution in [-0.2, 0) is 0 Å². The van der Waals surface area contributed by atoms with E-state index in [4.69, 9.17) is 0 Å². The van der Waals surface area contributed by atoms with Crippen LogP contribution in [0.4, 0.5) is 8.78 Å². The van der Waals surface area contributed by atoms with Crippen molar-refractivity contribution in [3.05, 3.63) is 71.3 Å². The number of benzene rings is 2. The maximum absolute atomic E-state index is 13.3. The molecule has 2 aromatic rings. The van der Waals surface area contributed by atoms with Gasteiger partial charge in [0.15, 0.2) is 0 Å². The van der Waals surface area contributed by atoms with Gasteiger partial charge >= 0.3 is 0 Å². The molecule has 0 unspecified atom stereocenters. The number of hydrogen-bond acceptors (Lipinski definition) is 2. The lowest BCUT2D eigenvalue weighted by atomic mass is 9.82. The minimum Gasteiger partial charge on any atom is -0.304 e. The first-order valence-electron chi connectivity index (χ1n) is 8.74. The minimum atomic E-state index is -0.226. The van der Waals surface area contributed by atoms with Crippen LogP contribution in [0.3, 0.4) is 0 Å². The zero-order chi connectivity index (χ0) is 16.5. The predicted molar refractivity (Wildman–Crippen MR) is 90.6 cm³/mol. The van der Waals surface area contributed by atoms with Crippen molar-refractivity contribution < 1.29 is 8.78 Å². The second-order valence-electron chi connectivity index (χ2n) is 6.89. The van der Waals surface area contributed by atoms with E-state index in [1.807, 2.05) is 24.3 Å². The Labute approximate surface area is 141 Å². The van der Waals surface area contributed by atoms with Gasteiger partial charge in [-0.15, -0.1) is 0 Å².